The van der Waals surface area contributed by atoms with Crippen LogP contribution in [0, 0.1) is 23.7 Å². The SMILES string of the molecule is CCCC1CCC(CCC(C)C)C(C)C1. The maximum absolute atomic E-state index is 2.49. The maximum atomic E-state index is 2.49. The predicted octanol–water partition coefficient (Wildman–Crippen LogP) is 5.28. The van der Waals surface area contributed by atoms with Crippen molar-refractivity contribution in [2.24, 2.45) is 23.7 Å². The Bertz CT molecular complexity index is 159. The zero-order valence-electron chi connectivity index (χ0n) is 11.3. The standard InChI is InChI=1S/C15H30/c1-5-6-14-8-10-15(13(4)11-14)9-7-12(2)3/h12-15H,5-11H2,1-4H3. The molecule has 1 rings (SSSR count). The van der Waals surface area contributed by atoms with Crippen LogP contribution in [0.2, 0.25) is 0 Å². The highest BCUT2D eigenvalue weighted by Gasteiger charge is 2.26. The molecule has 3 unspecified atom stereocenters. The van der Waals surface area contributed by atoms with Crippen molar-refractivity contribution >= 4 is 0 Å². The summed E-state index contributed by atoms with van der Waals surface area (Å²) in [6, 6.07) is 0. The zero-order chi connectivity index (χ0) is 11.3. The minimum atomic E-state index is 0.894. The molecule has 90 valence electrons. The van der Waals surface area contributed by atoms with E-state index in [1.807, 2.05) is 0 Å². The summed E-state index contributed by atoms with van der Waals surface area (Å²) in [6.07, 6.45) is 10.3. The lowest BCUT2D eigenvalue weighted by atomic mass is 9.71. The molecule has 0 heteroatoms. The summed E-state index contributed by atoms with van der Waals surface area (Å²) in [6.45, 7) is 9.53. The molecule has 0 N–H and O–H groups in total. The minimum Gasteiger partial charge on any atom is -0.0654 e. The van der Waals surface area contributed by atoms with Crippen molar-refractivity contribution < 1.29 is 0 Å². The summed E-state index contributed by atoms with van der Waals surface area (Å²) in [5, 5.41) is 0. The second-order valence-corrected chi connectivity index (χ2v) is 6.18. The molecule has 0 saturated heterocycles. The van der Waals surface area contributed by atoms with Gasteiger partial charge in [0.05, 0.1) is 0 Å². The maximum Gasteiger partial charge on any atom is -0.0388 e. The van der Waals surface area contributed by atoms with Crippen LogP contribution in [0.3, 0.4) is 0 Å². The summed E-state index contributed by atoms with van der Waals surface area (Å²) < 4.78 is 0. The van der Waals surface area contributed by atoms with Crippen LogP contribution in [-0.2, 0) is 0 Å². The topological polar surface area (TPSA) is 0 Å². The van der Waals surface area contributed by atoms with E-state index in [0.29, 0.717) is 0 Å². The fourth-order valence-corrected chi connectivity index (χ4v) is 3.22. The highest BCUT2D eigenvalue weighted by atomic mass is 14.3. The molecule has 0 bridgehead atoms. The van der Waals surface area contributed by atoms with Crippen LogP contribution in [0.25, 0.3) is 0 Å². The van der Waals surface area contributed by atoms with Crippen LogP contribution in [0.5, 0.6) is 0 Å². The summed E-state index contributed by atoms with van der Waals surface area (Å²) >= 11 is 0. The summed E-state index contributed by atoms with van der Waals surface area (Å²) in [5.74, 6) is 3.99. The molecular weight excluding hydrogens is 180 g/mol. The van der Waals surface area contributed by atoms with Gasteiger partial charge in [0, 0.05) is 0 Å². The molecule has 0 aromatic carbocycles. The largest absolute Gasteiger partial charge is 0.0654 e. The van der Waals surface area contributed by atoms with E-state index >= 15 is 0 Å². The first-order valence-electron chi connectivity index (χ1n) is 7.13. The van der Waals surface area contributed by atoms with Crippen LogP contribution in [0.1, 0.15) is 72.6 Å². The van der Waals surface area contributed by atoms with Crippen LogP contribution in [0.15, 0.2) is 0 Å². The molecule has 1 saturated carbocycles. The molecule has 3 atom stereocenters. The Labute approximate surface area is 96.8 Å². The highest BCUT2D eigenvalue weighted by molar-refractivity contribution is 4.77. The fourth-order valence-electron chi connectivity index (χ4n) is 3.22. The van der Waals surface area contributed by atoms with E-state index in [-0.39, 0.29) is 0 Å². The first kappa shape index (κ1) is 13.1. The highest BCUT2D eigenvalue weighted by Crippen LogP contribution is 2.38. The van der Waals surface area contributed by atoms with Crippen molar-refractivity contribution in [2.75, 3.05) is 0 Å². The van der Waals surface area contributed by atoms with E-state index in [1.165, 1.54) is 44.9 Å². The first-order valence-corrected chi connectivity index (χ1v) is 7.13. The Hall–Kier alpha value is 0. The second-order valence-electron chi connectivity index (χ2n) is 6.18. The van der Waals surface area contributed by atoms with Gasteiger partial charge in [-0.05, 0) is 42.9 Å². The van der Waals surface area contributed by atoms with Crippen molar-refractivity contribution in [1.29, 1.82) is 0 Å². The van der Waals surface area contributed by atoms with E-state index in [1.54, 1.807) is 0 Å². The average Bonchev–Trinajstić information content (AvgIpc) is 2.17. The summed E-state index contributed by atoms with van der Waals surface area (Å²) in [5.41, 5.74) is 0. The van der Waals surface area contributed by atoms with Crippen molar-refractivity contribution in [3.63, 3.8) is 0 Å². The Kier molecular flexibility index (Phi) is 5.71. The molecule has 0 nitrogen and oxygen atoms in total. The average molecular weight is 210 g/mol. The summed E-state index contributed by atoms with van der Waals surface area (Å²) in [7, 11) is 0. The lowest BCUT2D eigenvalue weighted by Crippen LogP contribution is -2.23. The number of hydrogen-bond acceptors (Lipinski definition) is 0. The number of rotatable bonds is 5. The lowest BCUT2D eigenvalue weighted by molar-refractivity contribution is 0.170. The molecule has 1 fully saturated rings. The molecule has 0 aliphatic heterocycles. The Morgan fingerprint density at radius 2 is 1.87 bits per heavy atom. The predicted molar refractivity (Wildman–Crippen MR) is 69.0 cm³/mol. The molecule has 0 heterocycles. The Morgan fingerprint density at radius 3 is 2.40 bits per heavy atom. The van der Waals surface area contributed by atoms with E-state index < -0.39 is 0 Å². The zero-order valence-corrected chi connectivity index (χ0v) is 11.3. The van der Waals surface area contributed by atoms with E-state index in [9.17, 15) is 0 Å². The normalized spacial score (nSPS) is 32.2. The fraction of sp³-hybridized carbons (Fsp3) is 1.00. The van der Waals surface area contributed by atoms with Gasteiger partial charge >= 0.3 is 0 Å². The van der Waals surface area contributed by atoms with Crippen LogP contribution in [0.4, 0.5) is 0 Å². The van der Waals surface area contributed by atoms with Gasteiger partial charge in [-0.25, -0.2) is 0 Å². The molecule has 0 aromatic rings. The number of hydrogen-bond donors (Lipinski definition) is 0. The molecule has 1 aliphatic carbocycles. The van der Waals surface area contributed by atoms with E-state index in [0.717, 1.165) is 23.7 Å². The van der Waals surface area contributed by atoms with Crippen LogP contribution >= 0.6 is 0 Å². The third-order valence-electron chi connectivity index (χ3n) is 4.27. The van der Waals surface area contributed by atoms with Crippen molar-refractivity contribution in [3.05, 3.63) is 0 Å². The van der Waals surface area contributed by atoms with Crippen LogP contribution in [-0.4, -0.2) is 0 Å². The Morgan fingerprint density at radius 1 is 1.13 bits per heavy atom. The third kappa shape index (κ3) is 4.57. The van der Waals surface area contributed by atoms with Gasteiger partial charge in [-0.3, -0.25) is 0 Å². The summed E-state index contributed by atoms with van der Waals surface area (Å²) in [4.78, 5) is 0. The van der Waals surface area contributed by atoms with Gasteiger partial charge < -0.3 is 0 Å². The van der Waals surface area contributed by atoms with Crippen molar-refractivity contribution in [2.45, 2.75) is 72.6 Å². The molecule has 1 aliphatic rings. The van der Waals surface area contributed by atoms with E-state index in [2.05, 4.69) is 27.7 Å². The minimum absolute atomic E-state index is 0.894. The third-order valence-corrected chi connectivity index (χ3v) is 4.27. The Balaban J connectivity index is 2.26. The second kappa shape index (κ2) is 6.55. The van der Waals surface area contributed by atoms with Crippen LogP contribution < -0.4 is 0 Å². The van der Waals surface area contributed by atoms with E-state index in [4.69, 9.17) is 0 Å². The molecule has 0 radical (unpaired) electrons. The molecule has 0 amide bonds. The van der Waals surface area contributed by atoms with Gasteiger partial charge in [0.2, 0.25) is 0 Å². The van der Waals surface area contributed by atoms with Gasteiger partial charge in [0.1, 0.15) is 0 Å². The van der Waals surface area contributed by atoms with Gasteiger partial charge in [-0.15, -0.1) is 0 Å². The van der Waals surface area contributed by atoms with Crippen molar-refractivity contribution in [3.8, 4) is 0 Å². The molecule has 15 heavy (non-hydrogen) atoms. The van der Waals surface area contributed by atoms with Gasteiger partial charge in [-0.2, -0.15) is 0 Å². The molecule has 0 spiro atoms. The quantitative estimate of drug-likeness (QED) is 0.579. The first-order chi connectivity index (χ1) is 7.13. The smallest absolute Gasteiger partial charge is 0.0388 e. The van der Waals surface area contributed by atoms with Gasteiger partial charge in [0.15, 0.2) is 0 Å². The molecule has 0 aromatic heterocycles. The lowest BCUT2D eigenvalue weighted by Gasteiger charge is -2.34. The molecular formula is C15H30. The van der Waals surface area contributed by atoms with Crippen molar-refractivity contribution in [1.82, 2.24) is 0 Å². The monoisotopic (exact) mass is 210 g/mol. The van der Waals surface area contributed by atoms with Gasteiger partial charge in [0.25, 0.3) is 0 Å². The van der Waals surface area contributed by atoms with Gasteiger partial charge in [-0.1, -0.05) is 53.4 Å².